The molecule has 1 saturated heterocycles. The topological polar surface area (TPSA) is 40.5 Å². The Bertz CT molecular complexity index is 752. The number of carbonyl (C=O) groups is 1. The number of fused-ring (bicyclic) bond motifs is 1. The molecule has 1 aromatic rings. The number of aliphatic hydroxyl groups is 1. The van der Waals surface area contributed by atoms with Crippen molar-refractivity contribution in [1.82, 2.24) is 4.90 Å². The third-order valence-electron chi connectivity index (χ3n) is 8.91. The molecule has 0 spiro atoms. The van der Waals surface area contributed by atoms with Crippen molar-refractivity contribution in [1.29, 1.82) is 0 Å². The number of rotatable bonds is 11. The zero-order chi connectivity index (χ0) is 24.9. The van der Waals surface area contributed by atoms with Crippen molar-refractivity contribution in [2.75, 3.05) is 0 Å². The number of nitrogens with zero attached hydrogens (tertiary/aromatic N) is 1. The van der Waals surface area contributed by atoms with Crippen LogP contribution in [0.5, 0.6) is 0 Å². The summed E-state index contributed by atoms with van der Waals surface area (Å²) < 4.78 is 4.71. The number of likely N-dealkylation sites (tertiary alicyclic amines) is 1. The first-order valence-corrected chi connectivity index (χ1v) is 22.0. The van der Waals surface area contributed by atoms with E-state index in [0.29, 0.717) is 9.84 Å². The van der Waals surface area contributed by atoms with Crippen LogP contribution in [0.4, 0.5) is 0 Å². The van der Waals surface area contributed by atoms with Gasteiger partial charge >= 0.3 is 215 Å². The van der Waals surface area contributed by atoms with Gasteiger partial charge in [0.05, 0.1) is 0 Å². The molecule has 3 rings (SSSR count). The second-order valence-corrected chi connectivity index (χ2v) is 26.5. The molecule has 3 nitrogen and oxygen atoms in total. The number of aliphatic hydroxyl groups excluding tert-OH is 1. The molecule has 1 aliphatic carbocycles. The van der Waals surface area contributed by atoms with E-state index in [1.165, 1.54) is 57.4 Å². The van der Waals surface area contributed by atoms with Gasteiger partial charge in [0.25, 0.3) is 0 Å². The van der Waals surface area contributed by atoms with Crippen molar-refractivity contribution in [3.8, 4) is 0 Å². The van der Waals surface area contributed by atoms with E-state index >= 15 is 0 Å². The normalized spacial score (nSPS) is 27.8. The fraction of sp³-hybridized carbons (Fsp3) is 0.767. The fourth-order valence-corrected chi connectivity index (χ4v) is 27.3. The molecule has 1 N–H and O–H groups in total. The predicted octanol–water partition coefficient (Wildman–Crippen LogP) is 7.97. The predicted molar refractivity (Wildman–Crippen MR) is 147 cm³/mol. The molecule has 5 atom stereocenters. The standard InChI is InChI=1S/C18H24NO2.3C4H9.Sn/c1-18(2,3)19-16(12-7-5-4-6-8-12)15-11-13(20)9-10-14(15)17(19)21;3*1-3-4-2;/h4-8,10,13-16,20H,9,11H2,1-3H3;3*1,3-4H2,2H3;/t13-,14-,15+,16-;;;;/m1..../s1. The van der Waals surface area contributed by atoms with Crippen LogP contribution in [-0.4, -0.2) is 45.9 Å². The van der Waals surface area contributed by atoms with Crippen LogP contribution in [0.1, 0.15) is 105 Å². The van der Waals surface area contributed by atoms with Gasteiger partial charge in [0.1, 0.15) is 0 Å². The number of amides is 1. The molecule has 0 radical (unpaired) electrons. The number of unbranched alkanes of at least 4 members (excludes halogenated alkanes) is 3. The quantitative estimate of drug-likeness (QED) is 0.272. The zero-order valence-electron chi connectivity index (χ0n) is 22.9. The molecule has 2 fully saturated rings. The van der Waals surface area contributed by atoms with Crippen LogP contribution in [0.15, 0.2) is 30.3 Å². The van der Waals surface area contributed by atoms with Gasteiger partial charge in [-0.15, -0.1) is 0 Å². The van der Waals surface area contributed by atoms with Crippen molar-refractivity contribution in [2.24, 2.45) is 11.8 Å². The summed E-state index contributed by atoms with van der Waals surface area (Å²) in [5.41, 5.74) is 1.03. The first-order chi connectivity index (χ1) is 16.2. The van der Waals surface area contributed by atoms with Gasteiger partial charge in [0, 0.05) is 0 Å². The summed E-state index contributed by atoms with van der Waals surface area (Å²) in [4.78, 5) is 16.7. The first-order valence-electron chi connectivity index (χ1n) is 14.3. The van der Waals surface area contributed by atoms with Crippen molar-refractivity contribution in [2.45, 2.75) is 128 Å². The van der Waals surface area contributed by atoms with Gasteiger partial charge in [-0.25, -0.2) is 0 Å². The second kappa shape index (κ2) is 12.1. The zero-order valence-corrected chi connectivity index (χ0v) is 25.7. The van der Waals surface area contributed by atoms with E-state index in [-0.39, 0.29) is 29.5 Å². The van der Waals surface area contributed by atoms with Crippen molar-refractivity contribution < 1.29 is 9.90 Å². The number of hydrogen-bond acceptors (Lipinski definition) is 2. The SMILES string of the molecule is CCC[CH2][Sn]([CH2]CCC)([CH2]CCC)[C@H]1C[C@@H](O)C[C@H]2[C@@H]1C(=O)N(C(C)(C)C)[C@@H]2c1ccccc1. The van der Waals surface area contributed by atoms with Crippen LogP contribution >= 0.6 is 0 Å². The Morgan fingerprint density at radius 2 is 1.44 bits per heavy atom. The van der Waals surface area contributed by atoms with Crippen molar-refractivity contribution >= 4 is 24.3 Å². The van der Waals surface area contributed by atoms with E-state index in [1.807, 2.05) is 0 Å². The van der Waals surface area contributed by atoms with Crippen molar-refractivity contribution in [3.63, 3.8) is 0 Å². The minimum absolute atomic E-state index is 0.0867. The van der Waals surface area contributed by atoms with Gasteiger partial charge in [-0.3, -0.25) is 0 Å². The average Bonchev–Trinajstić information content (AvgIpc) is 3.11. The maximum atomic E-state index is 14.4. The minimum atomic E-state index is -2.74. The van der Waals surface area contributed by atoms with Gasteiger partial charge in [0.15, 0.2) is 0 Å². The third kappa shape index (κ3) is 5.87. The summed E-state index contributed by atoms with van der Waals surface area (Å²) in [7, 11) is 0. The molecule has 1 saturated carbocycles. The Labute approximate surface area is 214 Å². The summed E-state index contributed by atoms with van der Waals surface area (Å²) in [6, 6.07) is 10.8. The number of hydrogen-bond donors (Lipinski definition) is 1. The summed E-state index contributed by atoms with van der Waals surface area (Å²) in [6.07, 6.45) is 9.08. The summed E-state index contributed by atoms with van der Waals surface area (Å²) >= 11 is -2.74. The number of benzene rings is 1. The van der Waals surface area contributed by atoms with E-state index in [9.17, 15) is 9.90 Å². The molecule has 34 heavy (non-hydrogen) atoms. The summed E-state index contributed by atoms with van der Waals surface area (Å²) in [6.45, 7) is 13.6. The molecule has 0 bridgehead atoms. The Morgan fingerprint density at radius 3 is 1.91 bits per heavy atom. The van der Waals surface area contributed by atoms with Crippen molar-refractivity contribution in [3.05, 3.63) is 35.9 Å². The van der Waals surface area contributed by atoms with E-state index in [1.54, 1.807) is 0 Å². The van der Waals surface area contributed by atoms with Gasteiger partial charge < -0.3 is 0 Å². The average molecular weight is 576 g/mol. The molecule has 1 aliphatic heterocycles. The molecular formula is C30H51NO2Sn. The van der Waals surface area contributed by atoms with E-state index < -0.39 is 18.4 Å². The van der Waals surface area contributed by atoms with E-state index in [2.05, 4.69) is 76.8 Å². The summed E-state index contributed by atoms with van der Waals surface area (Å²) in [5.74, 6) is 0.756. The molecule has 1 aromatic carbocycles. The Morgan fingerprint density at radius 1 is 0.912 bits per heavy atom. The Kier molecular flexibility index (Phi) is 9.99. The van der Waals surface area contributed by atoms with Gasteiger partial charge in [-0.2, -0.15) is 0 Å². The summed E-state index contributed by atoms with van der Waals surface area (Å²) in [5, 5.41) is 11.3. The number of carbonyl (C=O) groups excluding carboxylic acids is 1. The van der Waals surface area contributed by atoms with E-state index in [0.717, 1.165) is 12.8 Å². The van der Waals surface area contributed by atoms with Crippen LogP contribution in [0.2, 0.25) is 17.2 Å². The van der Waals surface area contributed by atoms with Crippen LogP contribution in [0, 0.1) is 11.8 Å². The van der Waals surface area contributed by atoms with Crippen LogP contribution < -0.4 is 0 Å². The molecule has 4 heteroatoms. The molecule has 2 aliphatic rings. The molecule has 0 unspecified atom stereocenters. The van der Waals surface area contributed by atoms with E-state index in [4.69, 9.17) is 0 Å². The van der Waals surface area contributed by atoms with Gasteiger partial charge in [-0.1, -0.05) is 0 Å². The maximum absolute atomic E-state index is 14.4. The molecule has 0 aromatic heterocycles. The first kappa shape index (κ1) is 28.0. The van der Waals surface area contributed by atoms with Crippen LogP contribution in [0.25, 0.3) is 0 Å². The monoisotopic (exact) mass is 577 g/mol. The van der Waals surface area contributed by atoms with Gasteiger partial charge in [-0.05, 0) is 0 Å². The molecule has 1 heterocycles. The Hall–Kier alpha value is -0.551. The molecule has 192 valence electrons. The third-order valence-corrected chi connectivity index (χ3v) is 26.6. The van der Waals surface area contributed by atoms with Crippen LogP contribution in [-0.2, 0) is 4.79 Å². The van der Waals surface area contributed by atoms with Crippen LogP contribution in [0.3, 0.4) is 0 Å². The second-order valence-electron chi connectivity index (χ2n) is 12.3. The molecule has 1 amide bonds. The Balaban J connectivity index is 2.11. The van der Waals surface area contributed by atoms with Gasteiger partial charge in [0.2, 0.25) is 0 Å². The fourth-order valence-electron chi connectivity index (χ4n) is 7.41. The molecular weight excluding hydrogens is 525 g/mol.